The van der Waals surface area contributed by atoms with Crippen molar-refractivity contribution in [1.29, 1.82) is 0 Å². The Labute approximate surface area is 240 Å². The number of nitrogens with one attached hydrogen (secondary N) is 2. The topological polar surface area (TPSA) is 140 Å². The van der Waals surface area contributed by atoms with Crippen molar-refractivity contribution in [3.8, 4) is 11.4 Å². The number of likely N-dealkylation sites (tertiary alicyclic amines) is 1. The van der Waals surface area contributed by atoms with Gasteiger partial charge in [-0.3, -0.25) is 0 Å². The average Bonchev–Trinajstić information content (AvgIpc) is 3.46. The number of pyridine rings is 1. The highest BCUT2D eigenvalue weighted by atomic mass is 19.1. The Bertz CT molecular complexity index is 1570. The molecule has 218 valence electrons. The number of benzene rings is 1. The molecule has 0 radical (unpaired) electrons. The fraction of sp³-hybridized carbons (Fsp3) is 0.357. The number of amides is 3. The second kappa shape index (κ2) is 11.9. The van der Waals surface area contributed by atoms with Crippen molar-refractivity contribution < 1.29 is 23.5 Å². The molecule has 13 nitrogen and oxygen atoms in total. The van der Waals surface area contributed by atoms with Crippen LogP contribution in [0.5, 0.6) is 0 Å². The number of methoxy groups -OCH3 is 1. The van der Waals surface area contributed by atoms with Crippen LogP contribution in [0, 0.1) is 5.95 Å². The van der Waals surface area contributed by atoms with Gasteiger partial charge in [0.05, 0.1) is 49.8 Å². The molecular formula is C28H30FN9O4. The first-order valence-corrected chi connectivity index (χ1v) is 13.7. The molecule has 1 aromatic carbocycles. The molecule has 0 spiro atoms. The summed E-state index contributed by atoms with van der Waals surface area (Å²) in [6.07, 6.45) is 4.20. The van der Waals surface area contributed by atoms with Crippen LogP contribution in [0.1, 0.15) is 18.9 Å². The van der Waals surface area contributed by atoms with E-state index in [0.29, 0.717) is 56.6 Å². The first kappa shape index (κ1) is 27.3. The number of anilines is 3. The van der Waals surface area contributed by atoms with E-state index in [1.165, 1.54) is 25.4 Å². The lowest BCUT2D eigenvalue weighted by molar-refractivity contribution is 0.106. The number of morpholine rings is 1. The van der Waals surface area contributed by atoms with Gasteiger partial charge in [-0.15, -0.1) is 0 Å². The van der Waals surface area contributed by atoms with E-state index in [9.17, 15) is 14.0 Å². The first-order chi connectivity index (χ1) is 20.5. The molecule has 42 heavy (non-hydrogen) atoms. The number of urea groups is 1. The predicted octanol–water partition coefficient (Wildman–Crippen LogP) is 3.91. The molecule has 2 N–H and O–H groups in total. The lowest BCUT2D eigenvalue weighted by atomic mass is 10.1. The molecule has 6 rings (SSSR count). The Morgan fingerprint density at radius 3 is 2.36 bits per heavy atom. The van der Waals surface area contributed by atoms with E-state index in [1.54, 1.807) is 17.0 Å². The number of nitrogens with zero attached hydrogens (tertiary/aromatic N) is 7. The number of carbonyl (C=O) groups is 2. The van der Waals surface area contributed by atoms with Crippen LogP contribution < -0.4 is 15.5 Å². The molecule has 0 bridgehead atoms. The van der Waals surface area contributed by atoms with Crippen LogP contribution in [0.4, 0.5) is 31.2 Å². The van der Waals surface area contributed by atoms with Gasteiger partial charge in [-0.2, -0.15) is 9.49 Å². The lowest BCUT2D eigenvalue weighted by Crippen LogP contribution is -2.39. The van der Waals surface area contributed by atoms with Gasteiger partial charge in [0, 0.05) is 37.4 Å². The number of halogens is 1. The average molecular weight is 576 g/mol. The maximum Gasteiger partial charge on any atom is 0.409 e. The van der Waals surface area contributed by atoms with Crippen molar-refractivity contribution in [1.82, 2.24) is 29.6 Å². The largest absolute Gasteiger partial charge is 0.453 e. The quantitative estimate of drug-likeness (QED) is 0.339. The standard InChI is InChI=1S/C28H30FN9O4/c1-41-28(40)37-10-8-21(9-11-37)38-26-22(17-31-38)25(36-12-14-42-15-13-36)34-24(35-26)18-2-4-19(5-3-18)32-27(39)33-20-6-7-23(29)30-16-20/h2-7,16-17,21H,8-15H2,1H3,(H2,32,33,39). The third kappa shape index (κ3) is 5.79. The SMILES string of the molecule is COC(=O)N1CCC(n2ncc3c(N4CCOCC4)nc(-c4ccc(NC(=O)Nc5ccc(F)nc5)cc4)nc32)CC1. The van der Waals surface area contributed by atoms with Crippen LogP contribution in [-0.4, -0.2) is 88.3 Å². The molecule has 2 fully saturated rings. The molecule has 5 heterocycles. The molecule has 3 amide bonds. The van der Waals surface area contributed by atoms with Crippen molar-refractivity contribution in [3.63, 3.8) is 0 Å². The number of fused-ring (bicyclic) bond motifs is 1. The van der Waals surface area contributed by atoms with Crippen LogP contribution in [0.15, 0.2) is 48.8 Å². The fourth-order valence-electron chi connectivity index (χ4n) is 5.19. The second-order valence-corrected chi connectivity index (χ2v) is 10.0. The monoisotopic (exact) mass is 575 g/mol. The summed E-state index contributed by atoms with van der Waals surface area (Å²) in [4.78, 5) is 41.7. The number of aromatic nitrogens is 5. The molecule has 2 saturated heterocycles. The van der Waals surface area contributed by atoms with Crippen LogP contribution in [0.2, 0.25) is 0 Å². The summed E-state index contributed by atoms with van der Waals surface area (Å²) in [5.74, 6) is 0.706. The van der Waals surface area contributed by atoms with Crippen LogP contribution in [0.3, 0.4) is 0 Å². The molecule has 0 unspecified atom stereocenters. The Morgan fingerprint density at radius 1 is 0.952 bits per heavy atom. The minimum Gasteiger partial charge on any atom is -0.453 e. The molecular weight excluding hydrogens is 545 g/mol. The molecule has 0 saturated carbocycles. The van der Waals surface area contributed by atoms with Gasteiger partial charge in [-0.05, 0) is 49.2 Å². The summed E-state index contributed by atoms with van der Waals surface area (Å²) < 4.78 is 25.4. The van der Waals surface area contributed by atoms with Crippen LogP contribution >= 0.6 is 0 Å². The number of carbonyl (C=O) groups excluding carboxylic acids is 2. The predicted molar refractivity (Wildman–Crippen MR) is 153 cm³/mol. The molecule has 0 aliphatic carbocycles. The third-order valence-corrected chi connectivity index (χ3v) is 7.37. The smallest absolute Gasteiger partial charge is 0.409 e. The summed E-state index contributed by atoms with van der Waals surface area (Å²) in [5, 5.41) is 11.0. The van der Waals surface area contributed by atoms with E-state index in [1.807, 2.05) is 23.0 Å². The Morgan fingerprint density at radius 2 is 1.67 bits per heavy atom. The summed E-state index contributed by atoms with van der Waals surface area (Å²) in [6.45, 7) is 3.78. The Kier molecular flexibility index (Phi) is 7.77. The highest BCUT2D eigenvalue weighted by molar-refractivity contribution is 5.99. The molecule has 4 aromatic rings. The third-order valence-electron chi connectivity index (χ3n) is 7.37. The molecule has 14 heteroatoms. The van der Waals surface area contributed by atoms with Crippen molar-refractivity contribution in [2.75, 3.05) is 62.0 Å². The fourth-order valence-corrected chi connectivity index (χ4v) is 5.19. The van der Waals surface area contributed by atoms with Gasteiger partial charge in [0.1, 0.15) is 5.82 Å². The number of rotatable bonds is 5. The van der Waals surface area contributed by atoms with Crippen molar-refractivity contribution >= 4 is 40.4 Å². The van der Waals surface area contributed by atoms with Gasteiger partial charge in [0.2, 0.25) is 5.95 Å². The zero-order valence-electron chi connectivity index (χ0n) is 23.0. The van der Waals surface area contributed by atoms with Gasteiger partial charge < -0.3 is 29.9 Å². The number of ether oxygens (including phenoxy) is 2. The zero-order chi connectivity index (χ0) is 29.1. The maximum absolute atomic E-state index is 13.0. The molecule has 3 aromatic heterocycles. The van der Waals surface area contributed by atoms with Gasteiger partial charge in [0.25, 0.3) is 0 Å². The molecule has 2 aliphatic heterocycles. The van der Waals surface area contributed by atoms with Crippen molar-refractivity contribution in [2.24, 2.45) is 0 Å². The first-order valence-electron chi connectivity index (χ1n) is 13.7. The summed E-state index contributed by atoms with van der Waals surface area (Å²) >= 11 is 0. The lowest BCUT2D eigenvalue weighted by Gasteiger charge is -2.31. The summed E-state index contributed by atoms with van der Waals surface area (Å²) in [6, 6.07) is 9.40. The maximum atomic E-state index is 13.0. The number of hydrogen-bond acceptors (Lipinski definition) is 9. The Hall–Kier alpha value is -4.85. The van der Waals surface area contributed by atoms with E-state index in [0.717, 1.165) is 35.3 Å². The summed E-state index contributed by atoms with van der Waals surface area (Å²) in [5.41, 5.74) is 2.43. The highest BCUT2D eigenvalue weighted by Gasteiger charge is 2.28. The normalized spacial score (nSPS) is 16.0. The van der Waals surface area contributed by atoms with E-state index < -0.39 is 12.0 Å². The highest BCUT2D eigenvalue weighted by Crippen LogP contribution is 2.32. The van der Waals surface area contributed by atoms with Crippen molar-refractivity contribution in [3.05, 3.63) is 54.7 Å². The second-order valence-electron chi connectivity index (χ2n) is 10.0. The van der Waals surface area contributed by atoms with Crippen molar-refractivity contribution in [2.45, 2.75) is 18.9 Å². The van der Waals surface area contributed by atoms with Gasteiger partial charge in [0.15, 0.2) is 11.5 Å². The Balaban J connectivity index is 1.26. The van der Waals surface area contributed by atoms with Gasteiger partial charge in [-0.1, -0.05) is 0 Å². The zero-order valence-corrected chi connectivity index (χ0v) is 23.0. The van der Waals surface area contributed by atoms with Gasteiger partial charge >= 0.3 is 12.1 Å². The van der Waals surface area contributed by atoms with Crippen LogP contribution in [0.25, 0.3) is 22.4 Å². The summed E-state index contributed by atoms with van der Waals surface area (Å²) in [7, 11) is 1.39. The molecule has 2 aliphatic rings. The number of piperidine rings is 1. The minimum absolute atomic E-state index is 0.0742. The van der Waals surface area contributed by atoms with Gasteiger partial charge in [-0.25, -0.2) is 29.2 Å². The van der Waals surface area contributed by atoms with E-state index in [2.05, 4.69) is 20.5 Å². The molecule has 0 atom stereocenters. The van der Waals surface area contributed by atoms with E-state index >= 15 is 0 Å². The van der Waals surface area contributed by atoms with E-state index in [4.69, 9.17) is 24.5 Å². The number of hydrogen-bond donors (Lipinski definition) is 2. The van der Waals surface area contributed by atoms with E-state index in [-0.39, 0.29) is 12.1 Å². The minimum atomic E-state index is -0.624. The van der Waals surface area contributed by atoms with Crippen LogP contribution in [-0.2, 0) is 9.47 Å².